The van der Waals surface area contributed by atoms with Gasteiger partial charge in [0.05, 0.1) is 0 Å². The summed E-state index contributed by atoms with van der Waals surface area (Å²) in [6, 6.07) is 3.01. The summed E-state index contributed by atoms with van der Waals surface area (Å²) in [6.45, 7) is 1.54. The molecule has 0 radical (unpaired) electrons. The minimum Gasteiger partial charge on any atom is -0.333 e. The second kappa shape index (κ2) is 5.09. The van der Waals surface area contributed by atoms with Crippen molar-refractivity contribution in [2.24, 2.45) is 0 Å². The quantitative estimate of drug-likeness (QED) is 0.748. The molecule has 0 saturated carbocycles. The topological polar surface area (TPSA) is 78.1 Å². The Kier molecular flexibility index (Phi) is 3.53. The summed E-state index contributed by atoms with van der Waals surface area (Å²) >= 11 is 0. The number of nitrogens with one attached hydrogen (secondary N) is 2. The van der Waals surface area contributed by atoms with E-state index < -0.39 is 0 Å². The third kappa shape index (κ3) is 2.52. The van der Waals surface area contributed by atoms with Gasteiger partial charge < -0.3 is 10.2 Å². The molecule has 1 aliphatic rings. The molecule has 1 aromatic heterocycles. The maximum Gasteiger partial charge on any atom is 0.274 e. The molecule has 6 nitrogen and oxygen atoms in total. The fraction of sp³-hybridized carbons (Fsp3) is 0.545. The number of aromatic nitrogens is 2. The highest BCUT2D eigenvalue weighted by Gasteiger charge is 2.29. The van der Waals surface area contributed by atoms with E-state index in [2.05, 4.69) is 15.5 Å². The average Bonchev–Trinajstić information content (AvgIpc) is 2.78. The molecule has 1 aliphatic heterocycles. The Hall–Kier alpha value is -1.69. The Labute approximate surface area is 99.0 Å². The first kappa shape index (κ1) is 11.8. The van der Waals surface area contributed by atoms with Gasteiger partial charge in [-0.25, -0.2) is 5.10 Å². The van der Waals surface area contributed by atoms with Gasteiger partial charge in [-0.2, -0.15) is 5.10 Å². The Bertz CT molecular complexity index is 437. The number of carbonyl (C=O) groups excluding carboxylic acids is 1. The first-order valence-electron chi connectivity index (χ1n) is 5.73. The number of nitrogens with zero attached hydrogens (tertiary/aromatic N) is 2. The molecule has 0 aromatic carbocycles. The van der Waals surface area contributed by atoms with Gasteiger partial charge in [-0.05, 0) is 26.0 Å². The van der Waals surface area contributed by atoms with Crippen LogP contribution in [0.4, 0.5) is 0 Å². The fourth-order valence-corrected chi connectivity index (χ4v) is 2.16. The molecule has 0 spiro atoms. The van der Waals surface area contributed by atoms with Crippen LogP contribution in [0.25, 0.3) is 0 Å². The lowest BCUT2D eigenvalue weighted by Crippen LogP contribution is -2.41. The van der Waals surface area contributed by atoms with Gasteiger partial charge in [-0.15, -0.1) is 0 Å². The number of likely N-dealkylation sites (N-methyl/N-ethyl adjacent to an activating group) is 1. The van der Waals surface area contributed by atoms with Crippen molar-refractivity contribution in [2.45, 2.75) is 18.9 Å². The molecule has 1 atom stereocenters. The highest BCUT2D eigenvalue weighted by molar-refractivity contribution is 5.92. The molecule has 1 amide bonds. The molecule has 6 heteroatoms. The van der Waals surface area contributed by atoms with Crippen molar-refractivity contribution in [3.8, 4) is 0 Å². The van der Waals surface area contributed by atoms with Gasteiger partial charge in [0, 0.05) is 25.2 Å². The van der Waals surface area contributed by atoms with E-state index in [1.807, 2.05) is 11.9 Å². The van der Waals surface area contributed by atoms with Crippen molar-refractivity contribution in [1.29, 1.82) is 0 Å². The van der Waals surface area contributed by atoms with Gasteiger partial charge >= 0.3 is 0 Å². The lowest BCUT2D eigenvalue weighted by molar-refractivity contribution is 0.0730. The molecule has 2 rings (SSSR count). The van der Waals surface area contributed by atoms with Gasteiger partial charge in [0.1, 0.15) is 5.69 Å². The van der Waals surface area contributed by atoms with E-state index in [0.29, 0.717) is 5.69 Å². The van der Waals surface area contributed by atoms with Crippen LogP contribution in [0.15, 0.2) is 16.9 Å². The monoisotopic (exact) mass is 236 g/mol. The predicted molar refractivity (Wildman–Crippen MR) is 62.8 cm³/mol. The number of hydrogen-bond acceptors (Lipinski definition) is 4. The van der Waals surface area contributed by atoms with E-state index in [9.17, 15) is 9.59 Å². The molecule has 1 saturated heterocycles. The second-order valence-electron chi connectivity index (χ2n) is 4.16. The maximum atomic E-state index is 12.2. The zero-order valence-corrected chi connectivity index (χ0v) is 9.77. The van der Waals surface area contributed by atoms with E-state index in [-0.39, 0.29) is 17.5 Å². The molecule has 2 N–H and O–H groups in total. The number of amides is 1. The number of likely N-dealkylation sites (tertiary alicyclic amines) is 1. The summed E-state index contributed by atoms with van der Waals surface area (Å²) in [4.78, 5) is 24.9. The lowest BCUT2D eigenvalue weighted by atomic mass is 10.2. The molecule has 17 heavy (non-hydrogen) atoms. The van der Waals surface area contributed by atoms with Crippen molar-refractivity contribution in [2.75, 3.05) is 20.1 Å². The van der Waals surface area contributed by atoms with E-state index in [1.54, 1.807) is 0 Å². The normalized spacial score (nSPS) is 19.6. The number of aromatic amines is 1. The molecule has 92 valence electrons. The fourth-order valence-electron chi connectivity index (χ4n) is 2.16. The molecular formula is C11H16N4O2. The van der Waals surface area contributed by atoms with Crippen LogP contribution in [-0.2, 0) is 0 Å². The van der Waals surface area contributed by atoms with Crippen LogP contribution in [0.1, 0.15) is 23.3 Å². The average molecular weight is 236 g/mol. The van der Waals surface area contributed by atoms with Gasteiger partial charge in [0.15, 0.2) is 0 Å². The second-order valence-corrected chi connectivity index (χ2v) is 4.16. The number of carbonyl (C=O) groups is 1. The van der Waals surface area contributed by atoms with E-state index in [0.717, 1.165) is 25.9 Å². The van der Waals surface area contributed by atoms with Crippen LogP contribution < -0.4 is 10.9 Å². The van der Waals surface area contributed by atoms with Gasteiger partial charge in [-0.1, -0.05) is 0 Å². The van der Waals surface area contributed by atoms with Crippen LogP contribution in [-0.4, -0.2) is 47.2 Å². The zero-order valence-electron chi connectivity index (χ0n) is 9.77. The van der Waals surface area contributed by atoms with Gasteiger partial charge in [0.2, 0.25) is 0 Å². The first-order chi connectivity index (χ1) is 8.22. The Balaban J connectivity index is 2.13. The smallest absolute Gasteiger partial charge is 0.274 e. The van der Waals surface area contributed by atoms with Gasteiger partial charge in [0.25, 0.3) is 11.5 Å². The van der Waals surface area contributed by atoms with Crippen molar-refractivity contribution in [3.05, 3.63) is 28.2 Å². The van der Waals surface area contributed by atoms with E-state index in [4.69, 9.17) is 0 Å². The molecule has 1 aromatic rings. The third-order valence-corrected chi connectivity index (χ3v) is 2.98. The Morgan fingerprint density at radius 3 is 3.12 bits per heavy atom. The van der Waals surface area contributed by atoms with Crippen LogP contribution in [0.2, 0.25) is 0 Å². The summed E-state index contributed by atoms with van der Waals surface area (Å²) < 4.78 is 0. The minimum atomic E-state index is -0.297. The van der Waals surface area contributed by atoms with Crippen molar-refractivity contribution < 1.29 is 4.79 Å². The summed E-state index contributed by atoms with van der Waals surface area (Å²) in [6.07, 6.45) is 2.03. The lowest BCUT2D eigenvalue weighted by Gasteiger charge is -2.23. The van der Waals surface area contributed by atoms with Crippen LogP contribution >= 0.6 is 0 Å². The summed E-state index contributed by atoms with van der Waals surface area (Å²) in [7, 11) is 1.87. The van der Waals surface area contributed by atoms with Crippen molar-refractivity contribution in [1.82, 2.24) is 20.4 Å². The van der Waals surface area contributed by atoms with E-state index >= 15 is 0 Å². The SMILES string of the molecule is CNCC1CCCN1C(=O)c1ccc(=O)[nH]n1. The Morgan fingerprint density at radius 2 is 2.47 bits per heavy atom. The van der Waals surface area contributed by atoms with Crippen LogP contribution in [0, 0.1) is 0 Å². The highest BCUT2D eigenvalue weighted by atomic mass is 16.2. The Morgan fingerprint density at radius 1 is 1.65 bits per heavy atom. The van der Waals surface area contributed by atoms with Crippen LogP contribution in [0.5, 0.6) is 0 Å². The summed E-state index contributed by atoms with van der Waals surface area (Å²) in [5.41, 5.74) is 0.00218. The summed E-state index contributed by atoms with van der Waals surface area (Å²) in [5, 5.41) is 9.13. The summed E-state index contributed by atoms with van der Waals surface area (Å²) in [5.74, 6) is -0.112. The molecule has 2 heterocycles. The van der Waals surface area contributed by atoms with Gasteiger partial charge in [-0.3, -0.25) is 9.59 Å². The minimum absolute atomic E-state index is 0.112. The molecule has 1 fully saturated rings. The molecular weight excluding hydrogens is 220 g/mol. The molecule has 0 bridgehead atoms. The van der Waals surface area contributed by atoms with E-state index in [1.165, 1.54) is 12.1 Å². The third-order valence-electron chi connectivity index (χ3n) is 2.98. The predicted octanol–water partition coefficient (Wildman–Crippen LogP) is -0.406. The van der Waals surface area contributed by atoms with Crippen molar-refractivity contribution in [3.63, 3.8) is 0 Å². The first-order valence-corrected chi connectivity index (χ1v) is 5.73. The van der Waals surface area contributed by atoms with Crippen molar-refractivity contribution >= 4 is 5.91 Å². The largest absolute Gasteiger partial charge is 0.333 e. The number of H-pyrrole nitrogens is 1. The zero-order chi connectivity index (χ0) is 12.3. The molecule has 0 aliphatic carbocycles. The highest BCUT2D eigenvalue weighted by Crippen LogP contribution is 2.18. The standard InChI is InChI=1S/C11H16N4O2/c1-12-7-8-3-2-6-15(8)11(17)9-4-5-10(16)14-13-9/h4-5,8,12H,2-3,6-7H2,1H3,(H,14,16). The maximum absolute atomic E-state index is 12.2. The molecule has 1 unspecified atom stereocenters. The number of hydrogen-bond donors (Lipinski definition) is 2. The van der Waals surface area contributed by atoms with Crippen LogP contribution in [0.3, 0.4) is 0 Å². The number of rotatable bonds is 3.